The molecule has 0 saturated heterocycles. The summed E-state index contributed by atoms with van der Waals surface area (Å²) in [4.78, 5) is 50.1. The molecule has 0 bridgehead atoms. The fraction of sp³-hybridized carbons (Fsp3) is 0.583. The molecule has 0 aliphatic rings. The standard InChI is InChI=1S/C24H39N5O7S/c1-14(30)20(24(35)36)29-23(34)19(10-12-37-2)28-22(33)18(5-3-4-11-25)27-21(32)17(26)13-15-6-8-16(31)9-7-15/h6-9,14,17-20,30-31H,3-5,10-13,25-26H2,1-2H3,(H,27,32)(H,28,33)(H,29,34)(H,35,36). The van der Waals surface area contributed by atoms with Gasteiger partial charge in [-0.1, -0.05) is 12.1 Å². The van der Waals surface area contributed by atoms with Crippen molar-refractivity contribution < 1.29 is 34.5 Å². The Morgan fingerprint density at radius 1 is 0.946 bits per heavy atom. The van der Waals surface area contributed by atoms with Crippen molar-refractivity contribution in [3.05, 3.63) is 29.8 Å². The number of carboxylic acids is 1. The van der Waals surface area contributed by atoms with Crippen LogP contribution in [0.25, 0.3) is 0 Å². The monoisotopic (exact) mass is 541 g/mol. The predicted octanol–water partition coefficient (Wildman–Crippen LogP) is -0.936. The number of aromatic hydroxyl groups is 1. The van der Waals surface area contributed by atoms with Crippen LogP contribution in [-0.4, -0.2) is 87.8 Å². The van der Waals surface area contributed by atoms with Crippen LogP contribution in [0, 0.1) is 0 Å². The summed E-state index contributed by atoms with van der Waals surface area (Å²) >= 11 is 1.43. The van der Waals surface area contributed by atoms with E-state index < -0.39 is 54.0 Å². The van der Waals surface area contributed by atoms with Gasteiger partial charge in [0.05, 0.1) is 12.1 Å². The van der Waals surface area contributed by atoms with Gasteiger partial charge in [-0.2, -0.15) is 11.8 Å². The number of hydrogen-bond acceptors (Lipinski definition) is 9. The van der Waals surface area contributed by atoms with Gasteiger partial charge in [-0.25, -0.2) is 4.79 Å². The number of amides is 3. The molecule has 0 fully saturated rings. The van der Waals surface area contributed by atoms with Gasteiger partial charge >= 0.3 is 5.97 Å². The third-order valence-electron chi connectivity index (χ3n) is 5.60. The van der Waals surface area contributed by atoms with Crippen LogP contribution in [0.1, 0.15) is 38.2 Å². The van der Waals surface area contributed by atoms with E-state index in [1.54, 1.807) is 12.1 Å². The van der Waals surface area contributed by atoms with Gasteiger partial charge in [-0.3, -0.25) is 14.4 Å². The summed E-state index contributed by atoms with van der Waals surface area (Å²) in [7, 11) is 0. The Kier molecular flexibility index (Phi) is 14.6. The SMILES string of the molecule is CSCCC(NC(=O)C(CCCCN)NC(=O)C(N)Cc1ccc(O)cc1)C(=O)NC(C(=O)O)C(C)O. The second-order valence-corrected chi connectivity index (χ2v) is 9.72. The number of phenols is 1. The van der Waals surface area contributed by atoms with E-state index in [9.17, 15) is 34.5 Å². The van der Waals surface area contributed by atoms with Crippen LogP contribution in [0.3, 0.4) is 0 Å². The number of rotatable bonds is 17. The number of nitrogens with one attached hydrogen (secondary N) is 3. The molecule has 1 rings (SSSR count). The van der Waals surface area contributed by atoms with E-state index in [0.29, 0.717) is 25.1 Å². The van der Waals surface area contributed by atoms with Crippen molar-refractivity contribution in [1.82, 2.24) is 16.0 Å². The van der Waals surface area contributed by atoms with E-state index in [-0.39, 0.29) is 25.0 Å². The molecule has 10 N–H and O–H groups in total. The van der Waals surface area contributed by atoms with Crippen LogP contribution in [-0.2, 0) is 25.6 Å². The maximum Gasteiger partial charge on any atom is 0.328 e. The van der Waals surface area contributed by atoms with E-state index in [2.05, 4.69) is 16.0 Å². The Morgan fingerprint density at radius 2 is 1.51 bits per heavy atom. The molecule has 12 nitrogen and oxygen atoms in total. The van der Waals surface area contributed by atoms with Crippen molar-refractivity contribution in [1.29, 1.82) is 0 Å². The fourth-order valence-electron chi connectivity index (χ4n) is 3.44. The highest BCUT2D eigenvalue weighted by Gasteiger charge is 2.31. The van der Waals surface area contributed by atoms with Gasteiger partial charge in [-0.05, 0) is 75.3 Å². The molecule has 0 saturated carbocycles. The lowest BCUT2D eigenvalue weighted by molar-refractivity contribution is -0.145. The van der Waals surface area contributed by atoms with Crippen LogP contribution >= 0.6 is 11.8 Å². The molecule has 0 heterocycles. The van der Waals surface area contributed by atoms with Crippen molar-refractivity contribution in [2.75, 3.05) is 18.6 Å². The molecule has 13 heteroatoms. The number of carbonyl (C=O) groups is 4. The van der Waals surface area contributed by atoms with Gasteiger partial charge in [0.25, 0.3) is 0 Å². The van der Waals surface area contributed by atoms with Crippen molar-refractivity contribution in [2.24, 2.45) is 11.5 Å². The quantitative estimate of drug-likeness (QED) is 0.113. The molecule has 1 aromatic carbocycles. The molecule has 0 aromatic heterocycles. The number of hydrogen-bond donors (Lipinski definition) is 8. The van der Waals surface area contributed by atoms with E-state index in [0.717, 1.165) is 5.56 Å². The minimum absolute atomic E-state index is 0.0848. The Labute approximate surface area is 220 Å². The van der Waals surface area contributed by atoms with Crippen molar-refractivity contribution in [2.45, 2.75) is 69.3 Å². The number of carboxylic acid groups (broad SMARTS) is 1. The van der Waals surface area contributed by atoms with Crippen LogP contribution < -0.4 is 27.4 Å². The van der Waals surface area contributed by atoms with E-state index in [1.165, 1.54) is 30.8 Å². The summed E-state index contributed by atoms with van der Waals surface area (Å²) < 4.78 is 0. The van der Waals surface area contributed by atoms with Gasteiger partial charge in [0, 0.05) is 0 Å². The van der Waals surface area contributed by atoms with Crippen molar-refractivity contribution >= 4 is 35.5 Å². The summed E-state index contributed by atoms with van der Waals surface area (Å²) in [6.07, 6.45) is 2.25. The molecular weight excluding hydrogens is 502 g/mol. The Bertz CT molecular complexity index is 885. The summed E-state index contributed by atoms with van der Waals surface area (Å²) in [5.41, 5.74) is 12.3. The molecule has 0 aliphatic carbocycles. The van der Waals surface area contributed by atoms with E-state index >= 15 is 0 Å². The summed E-state index contributed by atoms with van der Waals surface area (Å²) in [5, 5.41) is 35.9. The summed E-state index contributed by atoms with van der Waals surface area (Å²) in [6.45, 7) is 1.64. The zero-order valence-corrected chi connectivity index (χ0v) is 22.0. The minimum atomic E-state index is -1.54. The first-order chi connectivity index (χ1) is 17.5. The predicted molar refractivity (Wildman–Crippen MR) is 141 cm³/mol. The van der Waals surface area contributed by atoms with Gasteiger partial charge in [0.1, 0.15) is 17.8 Å². The maximum atomic E-state index is 13.1. The summed E-state index contributed by atoms with van der Waals surface area (Å²) in [6, 6.07) is 1.65. The average molecular weight is 542 g/mol. The lowest BCUT2D eigenvalue weighted by Crippen LogP contribution is -2.58. The molecule has 37 heavy (non-hydrogen) atoms. The maximum absolute atomic E-state index is 13.1. The Balaban J connectivity index is 2.95. The number of benzene rings is 1. The summed E-state index contributed by atoms with van der Waals surface area (Å²) in [5.74, 6) is -2.77. The fourth-order valence-corrected chi connectivity index (χ4v) is 3.91. The molecule has 0 spiro atoms. The van der Waals surface area contributed by atoms with Crippen molar-refractivity contribution in [3.8, 4) is 5.75 Å². The zero-order chi connectivity index (χ0) is 28.0. The first-order valence-electron chi connectivity index (χ1n) is 12.0. The molecule has 5 atom stereocenters. The topological polar surface area (TPSA) is 217 Å². The van der Waals surface area contributed by atoms with Gasteiger partial charge in [0.2, 0.25) is 17.7 Å². The zero-order valence-electron chi connectivity index (χ0n) is 21.2. The highest BCUT2D eigenvalue weighted by atomic mass is 32.2. The van der Waals surface area contributed by atoms with Gasteiger partial charge < -0.3 is 42.7 Å². The first kappa shape index (κ1) is 32.2. The van der Waals surface area contributed by atoms with Gasteiger partial charge in [-0.15, -0.1) is 0 Å². The number of thioether (sulfide) groups is 1. The number of aliphatic hydroxyl groups is 1. The molecule has 1 aromatic rings. The lowest BCUT2D eigenvalue weighted by Gasteiger charge is -2.26. The number of phenolic OH excluding ortho intramolecular Hbond substituents is 1. The smallest absolute Gasteiger partial charge is 0.328 e. The van der Waals surface area contributed by atoms with Crippen molar-refractivity contribution in [3.63, 3.8) is 0 Å². The molecule has 0 aliphatic heterocycles. The van der Waals surface area contributed by atoms with Crippen LogP contribution in [0.15, 0.2) is 24.3 Å². The number of carbonyl (C=O) groups excluding carboxylic acids is 3. The van der Waals surface area contributed by atoms with Crippen LogP contribution in [0.2, 0.25) is 0 Å². The number of nitrogens with two attached hydrogens (primary N) is 2. The third kappa shape index (κ3) is 11.8. The largest absolute Gasteiger partial charge is 0.508 e. The second-order valence-electron chi connectivity index (χ2n) is 8.73. The van der Waals surface area contributed by atoms with E-state index in [4.69, 9.17) is 11.5 Å². The molecule has 208 valence electrons. The number of aliphatic carboxylic acids is 1. The molecular formula is C24H39N5O7S. The molecule has 5 unspecified atom stereocenters. The Hall–Kier alpha value is -2.87. The highest BCUT2D eigenvalue weighted by molar-refractivity contribution is 7.98. The highest BCUT2D eigenvalue weighted by Crippen LogP contribution is 2.11. The van der Waals surface area contributed by atoms with Crippen LogP contribution in [0.5, 0.6) is 5.75 Å². The van der Waals surface area contributed by atoms with Crippen LogP contribution in [0.4, 0.5) is 0 Å². The average Bonchev–Trinajstić information content (AvgIpc) is 2.84. The first-order valence-corrected chi connectivity index (χ1v) is 13.4. The third-order valence-corrected chi connectivity index (χ3v) is 6.24. The second kappa shape index (κ2) is 16.8. The molecule has 0 radical (unpaired) electrons. The molecule has 3 amide bonds. The lowest BCUT2D eigenvalue weighted by atomic mass is 10.0. The van der Waals surface area contributed by atoms with E-state index in [1.807, 2.05) is 6.26 Å². The van der Waals surface area contributed by atoms with Gasteiger partial charge in [0.15, 0.2) is 6.04 Å². The number of unbranched alkanes of at least 4 members (excludes halogenated alkanes) is 1. The Morgan fingerprint density at radius 3 is 2.05 bits per heavy atom. The minimum Gasteiger partial charge on any atom is -0.508 e. The normalized spacial score (nSPS) is 15.1. The number of aliphatic hydroxyl groups excluding tert-OH is 1.